The maximum absolute atomic E-state index is 7.01. The number of para-hydroxylation sites is 8. The van der Waals surface area contributed by atoms with Crippen LogP contribution in [0.5, 0.6) is 11.5 Å². The van der Waals surface area contributed by atoms with Crippen LogP contribution in [0.15, 0.2) is 206 Å². The third-order valence-electron chi connectivity index (χ3n) is 14.4. The highest BCUT2D eigenvalue weighted by Crippen LogP contribution is 2.58. The molecule has 0 bridgehead atoms. The van der Waals surface area contributed by atoms with Crippen molar-refractivity contribution in [2.24, 2.45) is 0 Å². The minimum absolute atomic E-state index is 0.111. The van der Waals surface area contributed by atoms with Crippen molar-refractivity contribution in [2.45, 2.75) is 38.0 Å². The number of nitrogens with zero attached hydrogens (tertiary/aromatic N) is 3. The van der Waals surface area contributed by atoms with Crippen LogP contribution in [-0.4, -0.2) is 4.98 Å². The molecule has 1 aromatic heterocycles. The summed E-state index contributed by atoms with van der Waals surface area (Å²) in [5.74, 6) is 1.74. The second kappa shape index (κ2) is 14.0. The van der Waals surface area contributed by atoms with Gasteiger partial charge in [0.05, 0.1) is 34.1 Å². The van der Waals surface area contributed by atoms with E-state index >= 15 is 0 Å². The zero-order valence-corrected chi connectivity index (χ0v) is 36.6. The second-order valence-corrected chi connectivity index (χ2v) is 18.5. The Morgan fingerprint density at radius 3 is 1.49 bits per heavy atom. The number of aromatic amines is 1. The van der Waals surface area contributed by atoms with E-state index in [1.54, 1.807) is 0 Å². The minimum Gasteiger partial charge on any atom is -0.453 e. The molecule has 0 saturated heterocycles. The highest BCUT2D eigenvalue weighted by atomic mass is 16.5. The predicted octanol–water partition coefficient (Wildman–Crippen LogP) is 16.3. The normalized spacial score (nSPS) is 15.0. The first kappa shape index (κ1) is 37.5. The number of anilines is 9. The number of ether oxygens (including phenoxy) is 1. The molecule has 13 rings (SSSR count). The van der Waals surface area contributed by atoms with Crippen molar-refractivity contribution in [3.05, 3.63) is 234 Å². The van der Waals surface area contributed by atoms with Gasteiger partial charge in [-0.25, -0.2) is 0 Å². The molecule has 5 heteroatoms. The molecule has 0 atom stereocenters. The van der Waals surface area contributed by atoms with E-state index in [0.717, 1.165) is 63.0 Å². The summed E-state index contributed by atoms with van der Waals surface area (Å²) < 4.78 is 7.01. The summed E-state index contributed by atoms with van der Waals surface area (Å²) in [6, 6.07) is 75.1. The Labute approximate surface area is 379 Å². The van der Waals surface area contributed by atoms with Crippen LogP contribution in [0.1, 0.15) is 48.6 Å². The molecule has 0 saturated carbocycles. The third-order valence-corrected chi connectivity index (χ3v) is 14.4. The Morgan fingerprint density at radius 1 is 0.400 bits per heavy atom. The van der Waals surface area contributed by atoms with E-state index in [2.05, 4.69) is 247 Å². The molecule has 0 amide bonds. The fourth-order valence-corrected chi connectivity index (χ4v) is 11.3. The average Bonchev–Trinajstić information content (AvgIpc) is 3.72. The summed E-state index contributed by atoms with van der Waals surface area (Å²) in [4.78, 5) is 10.9. The van der Waals surface area contributed by atoms with Crippen molar-refractivity contribution in [1.82, 2.24) is 4.98 Å². The molecule has 0 radical (unpaired) electrons. The zero-order chi connectivity index (χ0) is 43.4. The van der Waals surface area contributed by atoms with Crippen LogP contribution in [0.3, 0.4) is 0 Å². The lowest BCUT2D eigenvalue weighted by molar-refractivity contribution is 0.460. The fourth-order valence-electron chi connectivity index (χ4n) is 11.3. The number of hydrogen-bond acceptors (Lipinski definition) is 4. The Hall–Kier alpha value is -8.02. The standard InChI is InChI=1S/C60H46N4O/c1-59(2)45-19-5-10-24-51(45)62(52-25-11-6-20-46(52)59)40-31-33-41(34-32-40)63-53-26-12-7-21-47(53)60(3,48-22-8-13-27-54(48)63)38-39-17-16-29-56-58(39)65-57-30-15-14-28-55(57)64(56)42-35-36-50-44(37-42)43-18-4-9-23-49(43)61-50/h4-37,61H,38H2,1-3H3. The largest absolute Gasteiger partial charge is 0.453 e. The van der Waals surface area contributed by atoms with Gasteiger partial charge in [0.15, 0.2) is 11.5 Å². The first-order chi connectivity index (χ1) is 31.9. The number of rotatable bonds is 5. The summed E-state index contributed by atoms with van der Waals surface area (Å²) in [6.45, 7) is 7.09. The lowest BCUT2D eigenvalue weighted by Gasteiger charge is -2.44. The maximum Gasteiger partial charge on any atom is 0.154 e. The van der Waals surface area contributed by atoms with Crippen molar-refractivity contribution in [3.8, 4) is 11.5 Å². The molecular formula is C60H46N4O. The van der Waals surface area contributed by atoms with Gasteiger partial charge in [-0.15, -0.1) is 0 Å². The Morgan fingerprint density at radius 2 is 0.862 bits per heavy atom. The van der Waals surface area contributed by atoms with Gasteiger partial charge in [-0.3, -0.25) is 0 Å². The molecule has 0 aliphatic carbocycles. The third kappa shape index (κ3) is 5.51. The molecule has 0 unspecified atom stereocenters. The van der Waals surface area contributed by atoms with Crippen molar-refractivity contribution in [1.29, 1.82) is 0 Å². The number of nitrogens with one attached hydrogen (secondary N) is 1. The molecule has 4 heterocycles. The van der Waals surface area contributed by atoms with Crippen LogP contribution < -0.4 is 19.4 Å². The number of aromatic nitrogens is 1. The van der Waals surface area contributed by atoms with Gasteiger partial charge in [0.25, 0.3) is 0 Å². The van der Waals surface area contributed by atoms with Crippen LogP contribution in [0.2, 0.25) is 0 Å². The van der Waals surface area contributed by atoms with Crippen LogP contribution in [-0.2, 0) is 17.3 Å². The first-order valence-electron chi connectivity index (χ1n) is 22.6. The highest BCUT2D eigenvalue weighted by molar-refractivity contribution is 6.09. The molecule has 312 valence electrons. The monoisotopic (exact) mass is 838 g/mol. The van der Waals surface area contributed by atoms with Gasteiger partial charge in [-0.05, 0) is 125 Å². The molecular weight excluding hydrogens is 793 g/mol. The van der Waals surface area contributed by atoms with E-state index in [4.69, 9.17) is 4.74 Å². The van der Waals surface area contributed by atoms with Crippen molar-refractivity contribution in [2.75, 3.05) is 14.7 Å². The van der Waals surface area contributed by atoms with Crippen molar-refractivity contribution < 1.29 is 4.74 Å². The Kier molecular flexibility index (Phi) is 8.08. The van der Waals surface area contributed by atoms with Crippen LogP contribution >= 0.6 is 0 Å². The molecule has 5 nitrogen and oxygen atoms in total. The number of hydrogen-bond donors (Lipinski definition) is 1. The first-order valence-corrected chi connectivity index (χ1v) is 22.6. The fraction of sp³-hybridized carbons (Fsp3) is 0.100. The molecule has 65 heavy (non-hydrogen) atoms. The van der Waals surface area contributed by atoms with Gasteiger partial charge in [-0.1, -0.05) is 136 Å². The lowest BCUT2D eigenvalue weighted by Crippen LogP contribution is -2.35. The van der Waals surface area contributed by atoms with Gasteiger partial charge in [0.2, 0.25) is 0 Å². The van der Waals surface area contributed by atoms with E-state index in [1.165, 1.54) is 55.8 Å². The van der Waals surface area contributed by atoms with Crippen LogP contribution in [0.25, 0.3) is 21.8 Å². The second-order valence-electron chi connectivity index (χ2n) is 18.5. The molecule has 10 aromatic rings. The van der Waals surface area contributed by atoms with E-state index in [9.17, 15) is 0 Å². The molecule has 1 N–H and O–H groups in total. The van der Waals surface area contributed by atoms with Gasteiger partial charge >= 0.3 is 0 Å². The topological polar surface area (TPSA) is 34.7 Å². The lowest BCUT2D eigenvalue weighted by atomic mass is 9.68. The average molecular weight is 839 g/mol. The van der Waals surface area contributed by atoms with Crippen LogP contribution in [0, 0.1) is 0 Å². The van der Waals surface area contributed by atoms with Gasteiger partial charge < -0.3 is 24.4 Å². The molecule has 3 aliphatic rings. The Balaban J connectivity index is 0.904. The summed E-state index contributed by atoms with van der Waals surface area (Å²) in [5.41, 5.74) is 18.4. The molecule has 9 aromatic carbocycles. The molecule has 0 spiro atoms. The number of fused-ring (bicyclic) bond motifs is 9. The van der Waals surface area contributed by atoms with E-state index in [1.807, 2.05) is 0 Å². The smallest absolute Gasteiger partial charge is 0.154 e. The molecule has 0 fully saturated rings. The molecule has 3 aliphatic heterocycles. The zero-order valence-electron chi connectivity index (χ0n) is 36.6. The summed E-state index contributed by atoms with van der Waals surface area (Å²) in [5, 5.41) is 2.42. The SMILES string of the molecule is CC1(C)c2ccccc2N(c2ccc(N3c4ccccc4C(C)(Cc4cccc5c4Oc4ccccc4N5c4ccc5[nH]c6ccccc6c5c4)c4ccccc43)cc2)c2ccccc21. The predicted molar refractivity (Wildman–Crippen MR) is 269 cm³/mol. The van der Waals surface area contributed by atoms with E-state index < -0.39 is 0 Å². The number of benzene rings is 9. The quantitative estimate of drug-likeness (QED) is 0.187. The summed E-state index contributed by atoms with van der Waals surface area (Å²) >= 11 is 0. The minimum atomic E-state index is -0.388. The summed E-state index contributed by atoms with van der Waals surface area (Å²) in [6.07, 6.45) is 0.735. The van der Waals surface area contributed by atoms with Gasteiger partial charge in [0, 0.05) is 49.7 Å². The van der Waals surface area contributed by atoms with Gasteiger partial charge in [0.1, 0.15) is 0 Å². The van der Waals surface area contributed by atoms with Crippen molar-refractivity contribution in [3.63, 3.8) is 0 Å². The maximum atomic E-state index is 7.01. The van der Waals surface area contributed by atoms with Crippen molar-refractivity contribution >= 4 is 73.0 Å². The van der Waals surface area contributed by atoms with Crippen LogP contribution in [0.4, 0.5) is 51.2 Å². The van der Waals surface area contributed by atoms with E-state index in [-0.39, 0.29) is 10.8 Å². The van der Waals surface area contributed by atoms with E-state index in [0.29, 0.717) is 0 Å². The van der Waals surface area contributed by atoms with Gasteiger partial charge in [-0.2, -0.15) is 0 Å². The summed E-state index contributed by atoms with van der Waals surface area (Å²) in [7, 11) is 0. The highest BCUT2D eigenvalue weighted by Gasteiger charge is 2.42. The Bertz CT molecular complexity index is 3430. The number of H-pyrrole nitrogens is 1.